The van der Waals surface area contributed by atoms with Gasteiger partial charge in [-0.1, -0.05) is 36.4 Å². The van der Waals surface area contributed by atoms with Crippen molar-refractivity contribution in [3.63, 3.8) is 0 Å². The minimum Gasteiger partial charge on any atom is -0.456 e. The highest BCUT2D eigenvalue weighted by Crippen LogP contribution is 2.41. The first kappa shape index (κ1) is 16.8. The van der Waals surface area contributed by atoms with E-state index in [2.05, 4.69) is 29.2 Å². The third kappa shape index (κ3) is 2.90. The maximum absolute atomic E-state index is 13.5. The molecule has 0 bridgehead atoms. The van der Waals surface area contributed by atoms with Crippen LogP contribution in [0, 0.1) is 5.82 Å². The zero-order valence-corrected chi connectivity index (χ0v) is 15.3. The van der Waals surface area contributed by atoms with Gasteiger partial charge in [0, 0.05) is 19.0 Å². The van der Waals surface area contributed by atoms with E-state index < -0.39 is 0 Å². The summed E-state index contributed by atoms with van der Waals surface area (Å²) in [7, 11) is 0. The molecule has 1 fully saturated rings. The minimum absolute atomic E-state index is 0.0143. The van der Waals surface area contributed by atoms with Crippen molar-refractivity contribution in [1.82, 2.24) is 4.90 Å². The predicted molar refractivity (Wildman–Crippen MR) is 103 cm³/mol. The van der Waals surface area contributed by atoms with Gasteiger partial charge in [0.1, 0.15) is 11.4 Å². The lowest BCUT2D eigenvalue weighted by molar-refractivity contribution is 0.0682. The fraction of sp³-hybridized carbons (Fsp3) is 0.409. The highest BCUT2D eigenvalue weighted by Gasteiger charge is 2.46. The van der Waals surface area contributed by atoms with Gasteiger partial charge in [-0.2, -0.15) is 0 Å². The molecule has 2 heterocycles. The summed E-state index contributed by atoms with van der Waals surface area (Å²) in [6, 6.07) is 16.2. The second-order valence-electron chi connectivity index (χ2n) is 7.98. The van der Waals surface area contributed by atoms with Crippen LogP contribution in [-0.2, 0) is 11.2 Å². The molecule has 0 radical (unpaired) electrons. The number of halogens is 1. The molecule has 2 aliphatic heterocycles. The topological polar surface area (TPSA) is 50.8 Å². The molecular formula is C22H24FN3O. The number of ether oxygens (including phenoxy) is 1. The lowest BCUT2D eigenvalue weighted by Gasteiger charge is -2.39. The molecule has 3 atom stereocenters. The van der Waals surface area contributed by atoms with Crippen molar-refractivity contribution < 1.29 is 9.13 Å². The first-order chi connectivity index (χ1) is 13.1. The van der Waals surface area contributed by atoms with E-state index in [9.17, 15) is 4.39 Å². The molecule has 1 aliphatic carbocycles. The Balaban J connectivity index is 1.51. The number of aliphatic imine (C=N–C) groups is 1. The van der Waals surface area contributed by atoms with Gasteiger partial charge in [-0.25, -0.2) is 9.38 Å². The predicted octanol–water partition coefficient (Wildman–Crippen LogP) is 3.41. The molecule has 2 N–H and O–H groups in total. The highest BCUT2D eigenvalue weighted by molar-refractivity contribution is 5.78. The SMILES string of the molecule is N[C@H]1CC[C@]2(CN=C(N3CCc4ccccc4[C@@H]3c3ccc(F)cc3)O2)C1. The molecule has 0 aromatic heterocycles. The third-order valence-corrected chi connectivity index (χ3v) is 6.13. The van der Waals surface area contributed by atoms with Gasteiger partial charge in [0.2, 0.25) is 0 Å². The zero-order valence-electron chi connectivity index (χ0n) is 15.3. The van der Waals surface area contributed by atoms with Crippen LogP contribution in [0.5, 0.6) is 0 Å². The Kier molecular flexibility index (Phi) is 3.93. The average Bonchev–Trinajstić information content (AvgIpc) is 3.27. The van der Waals surface area contributed by atoms with Crippen LogP contribution >= 0.6 is 0 Å². The summed E-state index contributed by atoms with van der Waals surface area (Å²) < 4.78 is 19.9. The van der Waals surface area contributed by atoms with Gasteiger partial charge in [-0.05, 0) is 48.1 Å². The molecular weight excluding hydrogens is 341 g/mol. The maximum atomic E-state index is 13.5. The minimum atomic E-state index is -0.223. The molecule has 5 heteroatoms. The van der Waals surface area contributed by atoms with Gasteiger partial charge in [0.25, 0.3) is 6.02 Å². The Morgan fingerprint density at radius 3 is 2.74 bits per heavy atom. The van der Waals surface area contributed by atoms with Crippen molar-refractivity contribution in [2.45, 2.75) is 43.4 Å². The highest BCUT2D eigenvalue weighted by atomic mass is 19.1. The van der Waals surface area contributed by atoms with E-state index >= 15 is 0 Å². The van der Waals surface area contributed by atoms with Crippen molar-refractivity contribution in [3.8, 4) is 0 Å². The van der Waals surface area contributed by atoms with Crippen LogP contribution in [0.3, 0.4) is 0 Å². The Hall–Kier alpha value is -2.40. The summed E-state index contributed by atoms with van der Waals surface area (Å²) in [5.41, 5.74) is 9.53. The lowest BCUT2D eigenvalue weighted by atomic mass is 9.88. The molecule has 0 saturated heterocycles. The van der Waals surface area contributed by atoms with Crippen molar-refractivity contribution >= 4 is 6.02 Å². The number of benzene rings is 2. The van der Waals surface area contributed by atoms with Gasteiger partial charge < -0.3 is 15.4 Å². The summed E-state index contributed by atoms with van der Waals surface area (Å²) in [6.45, 7) is 1.52. The number of hydrogen-bond donors (Lipinski definition) is 1. The number of rotatable bonds is 1. The molecule has 1 saturated carbocycles. The molecule has 0 amide bonds. The molecule has 2 aromatic rings. The molecule has 4 nitrogen and oxygen atoms in total. The van der Waals surface area contributed by atoms with Crippen LogP contribution in [0.1, 0.15) is 42.0 Å². The number of fused-ring (bicyclic) bond motifs is 1. The van der Waals surface area contributed by atoms with Crippen molar-refractivity contribution in [2.75, 3.05) is 13.1 Å². The van der Waals surface area contributed by atoms with E-state index in [1.165, 1.54) is 23.3 Å². The number of nitrogens with two attached hydrogens (primary N) is 1. The summed E-state index contributed by atoms with van der Waals surface area (Å²) in [5, 5.41) is 0. The van der Waals surface area contributed by atoms with Gasteiger partial charge >= 0.3 is 0 Å². The molecule has 2 aromatic carbocycles. The van der Waals surface area contributed by atoms with Crippen LogP contribution in [0.25, 0.3) is 0 Å². The Bertz CT molecular complexity index is 881. The fourth-order valence-corrected chi connectivity index (χ4v) is 4.76. The van der Waals surface area contributed by atoms with Crippen LogP contribution in [0.15, 0.2) is 53.5 Å². The number of nitrogens with zero attached hydrogens (tertiary/aromatic N) is 2. The van der Waals surface area contributed by atoms with E-state index in [1.807, 2.05) is 12.1 Å². The van der Waals surface area contributed by atoms with Crippen molar-refractivity contribution in [3.05, 3.63) is 71.0 Å². The maximum Gasteiger partial charge on any atom is 0.288 e. The average molecular weight is 365 g/mol. The molecule has 27 heavy (non-hydrogen) atoms. The van der Waals surface area contributed by atoms with Crippen molar-refractivity contribution in [1.29, 1.82) is 0 Å². The molecule has 0 unspecified atom stereocenters. The first-order valence-electron chi connectivity index (χ1n) is 9.73. The summed E-state index contributed by atoms with van der Waals surface area (Å²) in [4.78, 5) is 7.03. The van der Waals surface area contributed by atoms with E-state index in [0.29, 0.717) is 12.6 Å². The van der Waals surface area contributed by atoms with Gasteiger partial charge in [0.15, 0.2) is 0 Å². The third-order valence-electron chi connectivity index (χ3n) is 6.13. The van der Waals surface area contributed by atoms with Crippen LogP contribution < -0.4 is 5.73 Å². The standard InChI is InChI=1S/C22H24FN3O/c23-17-7-5-16(6-8-17)20-19-4-2-1-3-15(19)10-12-26(20)21-25-14-22(27-21)11-9-18(24)13-22/h1-8,18,20H,9-14,24H2/t18-,20-,22+/m0/s1. The smallest absolute Gasteiger partial charge is 0.288 e. The summed E-state index contributed by atoms with van der Waals surface area (Å²) >= 11 is 0. The van der Waals surface area contributed by atoms with E-state index in [-0.39, 0.29) is 23.5 Å². The zero-order chi connectivity index (χ0) is 18.4. The number of hydrogen-bond acceptors (Lipinski definition) is 4. The Labute approximate surface area is 158 Å². The van der Waals surface area contributed by atoms with Gasteiger partial charge in [-0.3, -0.25) is 0 Å². The summed E-state index contributed by atoms with van der Waals surface area (Å²) in [6.07, 6.45) is 3.77. The number of amidine groups is 1. The van der Waals surface area contributed by atoms with E-state index in [4.69, 9.17) is 15.5 Å². The van der Waals surface area contributed by atoms with Crippen molar-refractivity contribution in [2.24, 2.45) is 10.7 Å². The van der Waals surface area contributed by atoms with Gasteiger partial charge in [-0.15, -0.1) is 0 Å². The fourth-order valence-electron chi connectivity index (χ4n) is 4.76. The largest absolute Gasteiger partial charge is 0.456 e. The lowest BCUT2D eigenvalue weighted by Crippen LogP contribution is -2.43. The van der Waals surface area contributed by atoms with Crippen LogP contribution in [-0.4, -0.2) is 35.7 Å². The van der Waals surface area contributed by atoms with Crippen LogP contribution in [0.2, 0.25) is 0 Å². The van der Waals surface area contributed by atoms with Crippen LogP contribution in [0.4, 0.5) is 4.39 Å². The quantitative estimate of drug-likeness (QED) is 0.843. The molecule has 140 valence electrons. The molecule has 5 rings (SSSR count). The van der Waals surface area contributed by atoms with Gasteiger partial charge in [0.05, 0.1) is 12.6 Å². The molecule has 1 spiro atoms. The monoisotopic (exact) mass is 365 g/mol. The second-order valence-corrected chi connectivity index (χ2v) is 7.98. The van der Waals surface area contributed by atoms with E-state index in [0.717, 1.165) is 37.8 Å². The molecule has 3 aliphatic rings. The summed E-state index contributed by atoms with van der Waals surface area (Å²) in [5.74, 6) is -0.220. The second kappa shape index (κ2) is 6.34. The van der Waals surface area contributed by atoms with E-state index in [1.54, 1.807) is 0 Å². The normalized spacial score (nSPS) is 29.6. The Morgan fingerprint density at radius 2 is 1.96 bits per heavy atom. The first-order valence-corrected chi connectivity index (χ1v) is 9.73. The Morgan fingerprint density at radius 1 is 1.15 bits per heavy atom.